The molecule has 2 aromatic rings. The maximum Gasteiger partial charge on any atom is 0.388 e. The lowest BCUT2D eigenvalue weighted by molar-refractivity contribution is -0.666. The summed E-state index contributed by atoms with van der Waals surface area (Å²) in [7, 11) is -1.79. The van der Waals surface area contributed by atoms with E-state index >= 15 is 0 Å². The summed E-state index contributed by atoms with van der Waals surface area (Å²) in [5.41, 5.74) is -0.0537. The molecule has 0 atom stereocenters. The molecule has 0 saturated carbocycles. The van der Waals surface area contributed by atoms with Crippen LogP contribution >= 0.6 is 0 Å². The van der Waals surface area contributed by atoms with Crippen LogP contribution in [0.1, 0.15) is 5.69 Å². The first-order chi connectivity index (χ1) is 10.2. The van der Waals surface area contributed by atoms with E-state index in [1.54, 1.807) is 17.6 Å². The van der Waals surface area contributed by atoms with E-state index in [0.29, 0.717) is 11.5 Å². The minimum atomic E-state index is -4.41. The Labute approximate surface area is 125 Å². The second-order valence-electron chi connectivity index (χ2n) is 4.06. The number of hydrogen-bond acceptors (Lipinski definition) is 7. The van der Waals surface area contributed by atoms with Gasteiger partial charge in [0.15, 0.2) is 0 Å². The largest absolute Gasteiger partial charge is 0.726 e. The van der Waals surface area contributed by atoms with Crippen molar-refractivity contribution in [3.05, 3.63) is 45.4 Å². The number of nitrogens with one attached hydrogen (secondary N) is 1. The highest BCUT2D eigenvalue weighted by Crippen LogP contribution is 2.10. The van der Waals surface area contributed by atoms with Gasteiger partial charge in [0.25, 0.3) is 0 Å². The first-order valence-electron chi connectivity index (χ1n) is 5.82. The van der Waals surface area contributed by atoms with Crippen molar-refractivity contribution in [1.82, 2.24) is 9.78 Å². The predicted octanol–water partition coefficient (Wildman–Crippen LogP) is -0.211. The van der Waals surface area contributed by atoms with E-state index in [4.69, 9.17) is 0 Å². The summed E-state index contributed by atoms with van der Waals surface area (Å²) >= 11 is 0. The highest BCUT2D eigenvalue weighted by molar-refractivity contribution is 7.80. The number of hydrogen-bond donors (Lipinski definition) is 1. The molecule has 11 heteroatoms. The topological polar surface area (TPSA) is 138 Å². The third kappa shape index (κ3) is 4.31. The molecule has 0 unspecified atom stereocenters. The monoisotopic (exact) mass is 330 g/mol. The van der Waals surface area contributed by atoms with Gasteiger partial charge in [-0.2, -0.15) is 0 Å². The van der Waals surface area contributed by atoms with Gasteiger partial charge in [-0.15, -0.1) is 4.91 Å². The summed E-state index contributed by atoms with van der Waals surface area (Å²) in [5.74, 6) is 0.644. The van der Waals surface area contributed by atoms with Crippen molar-refractivity contribution in [2.24, 2.45) is 12.2 Å². The third-order valence-corrected chi connectivity index (χ3v) is 3.00. The number of nitroso groups, excluding NO2 is 1. The smallest absolute Gasteiger partial charge is 0.388 e. The Morgan fingerprint density at radius 2 is 2.00 bits per heavy atom. The molecule has 0 saturated heterocycles. The van der Waals surface area contributed by atoms with Gasteiger partial charge in [-0.1, -0.05) is 10.7 Å². The zero-order chi connectivity index (χ0) is 16.9. The van der Waals surface area contributed by atoms with E-state index in [2.05, 4.69) is 14.5 Å². The SMILES string of the molecule is COS(=O)(=O)[O-].Cc1[nH]n(-c2cccc[n+]2C)c(=O)c1N=O. The molecule has 0 radical (unpaired) electrons. The summed E-state index contributed by atoms with van der Waals surface area (Å²) in [5, 5.41) is 5.53. The summed E-state index contributed by atoms with van der Waals surface area (Å²) in [6.07, 6.45) is 1.81. The predicted molar refractivity (Wildman–Crippen MR) is 74.5 cm³/mol. The molecular formula is C11H14N4O6S. The molecule has 0 aliphatic rings. The molecule has 2 aromatic heterocycles. The van der Waals surface area contributed by atoms with E-state index in [0.717, 1.165) is 7.11 Å². The van der Waals surface area contributed by atoms with Gasteiger partial charge in [0.05, 0.1) is 26.0 Å². The normalized spacial score (nSPS) is 10.7. The minimum Gasteiger partial charge on any atom is -0.726 e. The minimum absolute atomic E-state index is 0.0798. The van der Waals surface area contributed by atoms with Crippen LogP contribution in [-0.4, -0.2) is 29.9 Å². The van der Waals surface area contributed by atoms with Crippen LogP contribution < -0.4 is 10.1 Å². The standard InChI is InChI=1S/C10H10N4O2.CH4O4S/c1-7-9(12-16)10(15)14(11-7)8-5-3-4-6-13(8)2;1-5-6(2,3)4/h3-6H,1-2H3;1H3,(H,2,3,4). The Morgan fingerprint density at radius 3 is 2.41 bits per heavy atom. The second kappa shape index (κ2) is 7.06. The molecule has 0 bridgehead atoms. The fraction of sp³-hybridized carbons (Fsp3) is 0.273. The molecule has 22 heavy (non-hydrogen) atoms. The zero-order valence-corrected chi connectivity index (χ0v) is 12.8. The Bertz CT molecular complexity index is 823. The first kappa shape index (κ1) is 17.7. The highest BCUT2D eigenvalue weighted by atomic mass is 32.3. The van der Waals surface area contributed by atoms with Crippen LogP contribution in [0.4, 0.5) is 5.69 Å². The summed E-state index contributed by atoms with van der Waals surface area (Å²) in [6.45, 7) is 1.64. The summed E-state index contributed by atoms with van der Waals surface area (Å²) in [6, 6.07) is 5.43. The quantitative estimate of drug-likeness (QED) is 0.358. The molecule has 120 valence electrons. The summed E-state index contributed by atoms with van der Waals surface area (Å²) < 4.78 is 34.1. The average molecular weight is 330 g/mol. The first-order valence-corrected chi connectivity index (χ1v) is 7.16. The lowest BCUT2D eigenvalue weighted by Crippen LogP contribution is -2.36. The van der Waals surface area contributed by atoms with Crippen molar-refractivity contribution < 1.29 is 21.7 Å². The molecule has 0 spiro atoms. The van der Waals surface area contributed by atoms with Crippen LogP contribution in [0.15, 0.2) is 34.4 Å². The number of aryl methyl sites for hydroxylation is 2. The van der Waals surface area contributed by atoms with Crippen LogP contribution in [0.2, 0.25) is 0 Å². The number of aromatic amines is 1. The summed E-state index contributed by atoms with van der Waals surface area (Å²) in [4.78, 5) is 22.3. The van der Waals surface area contributed by atoms with Crippen molar-refractivity contribution in [2.75, 3.05) is 7.11 Å². The van der Waals surface area contributed by atoms with Crippen LogP contribution in [0.5, 0.6) is 0 Å². The van der Waals surface area contributed by atoms with Gasteiger partial charge in [-0.05, 0) is 18.2 Å². The molecule has 0 fully saturated rings. The van der Waals surface area contributed by atoms with Gasteiger partial charge in [-0.3, -0.25) is 4.18 Å². The van der Waals surface area contributed by atoms with E-state index < -0.39 is 16.0 Å². The van der Waals surface area contributed by atoms with Gasteiger partial charge in [0.1, 0.15) is 0 Å². The third-order valence-electron chi connectivity index (χ3n) is 2.59. The molecule has 0 aliphatic carbocycles. The average Bonchev–Trinajstić information content (AvgIpc) is 2.74. The molecule has 0 amide bonds. The Balaban J connectivity index is 0.000000346. The van der Waals surface area contributed by atoms with Crippen molar-refractivity contribution in [3.63, 3.8) is 0 Å². The number of nitrogens with zero attached hydrogens (tertiary/aromatic N) is 3. The molecule has 0 aromatic carbocycles. The molecule has 0 aliphatic heterocycles. The Hall–Kier alpha value is -2.37. The number of H-pyrrole nitrogens is 1. The van der Waals surface area contributed by atoms with Gasteiger partial charge < -0.3 is 4.55 Å². The second-order valence-corrected chi connectivity index (χ2v) is 5.21. The Kier molecular flexibility index (Phi) is 5.68. The van der Waals surface area contributed by atoms with Crippen molar-refractivity contribution in [1.29, 1.82) is 0 Å². The molecule has 2 rings (SSSR count). The lowest BCUT2D eigenvalue weighted by Gasteiger charge is -1.98. The fourth-order valence-electron chi connectivity index (χ4n) is 1.55. The maximum absolute atomic E-state index is 11.8. The maximum atomic E-state index is 11.8. The number of rotatable bonds is 3. The van der Waals surface area contributed by atoms with Crippen molar-refractivity contribution in [3.8, 4) is 5.82 Å². The van der Waals surface area contributed by atoms with E-state index in [1.165, 1.54) is 4.68 Å². The van der Waals surface area contributed by atoms with Gasteiger partial charge in [0.2, 0.25) is 16.1 Å². The lowest BCUT2D eigenvalue weighted by atomic mass is 10.4. The molecular weight excluding hydrogens is 316 g/mol. The van der Waals surface area contributed by atoms with Gasteiger partial charge in [-0.25, -0.2) is 22.9 Å². The van der Waals surface area contributed by atoms with Crippen LogP contribution in [0.25, 0.3) is 5.82 Å². The van der Waals surface area contributed by atoms with E-state index in [-0.39, 0.29) is 5.69 Å². The number of aromatic nitrogens is 3. The van der Waals surface area contributed by atoms with E-state index in [9.17, 15) is 22.7 Å². The number of pyridine rings is 1. The molecule has 2 heterocycles. The fourth-order valence-corrected chi connectivity index (χ4v) is 1.55. The molecule has 10 nitrogen and oxygen atoms in total. The van der Waals surface area contributed by atoms with Gasteiger partial charge >= 0.3 is 11.4 Å². The Morgan fingerprint density at radius 1 is 1.41 bits per heavy atom. The van der Waals surface area contributed by atoms with Crippen LogP contribution in [-0.2, 0) is 21.6 Å². The van der Waals surface area contributed by atoms with E-state index in [1.807, 2.05) is 25.4 Å². The zero-order valence-electron chi connectivity index (χ0n) is 12.0. The van der Waals surface area contributed by atoms with Crippen molar-refractivity contribution >= 4 is 16.1 Å². The van der Waals surface area contributed by atoms with Crippen molar-refractivity contribution in [2.45, 2.75) is 6.92 Å². The highest BCUT2D eigenvalue weighted by Gasteiger charge is 2.20. The van der Waals surface area contributed by atoms with Crippen LogP contribution in [0.3, 0.4) is 0 Å². The molecule has 1 N–H and O–H groups in total. The van der Waals surface area contributed by atoms with Crippen LogP contribution in [0, 0.1) is 11.8 Å². The van der Waals surface area contributed by atoms with Gasteiger partial charge in [0, 0.05) is 6.07 Å².